The van der Waals surface area contributed by atoms with Crippen LogP contribution in [0.15, 0.2) is 48.5 Å². The normalized spacial score (nSPS) is 18.4. The van der Waals surface area contributed by atoms with Gasteiger partial charge in [0.25, 0.3) is 11.8 Å². The van der Waals surface area contributed by atoms with Crippen LogP contribution in [0.5, 0.6) is 0 Å². The summed E-state index contributed by atoms with van der Waals surface area (Å²) in [4.78, 5) is 28.6. The van der Waals surface area contributed by atoms with Crippen LogP contribution in [0.1, 0.15) is 31.8 Å². The van der Waals surface area contributed by atoms with Crippen LogP contribution in [0.3, 0.4) is 0 Å². The minimum atomic E-state index is -0.545. The fourth-order valence-corrected chi connectivity index (χ4v) is 4.26. The molecule has 0 saturated carbocycles. The summed E-state index contributed by atoms with van der Waals surface area (Å²) < 4.78 is 0. The van der Waals surface area contributed by atoms with E-state index in [1.807, 2.05) is 35.2 Å². The van der Waals surface area contributed by atoms with Gasteiger partial charge in [0.1, 0.15) is 0 Å². The molecule has 0 bridgehead atoms. The molecule has 0 aliphatic carbocycles. The quantitative estimate of drug-likeness (QED) is 0.651. The number of likely N-dealkylation sites (tertiary alicyclic amines) is 1. The first-order valence-electron chi connectivity index (χ1n) is 8.63. The van der Waals surface area contributed by atoms with Crippen LogP contribution < -0.4 is 5.48 Å². The molecule has 2 aliphatic rings. The van der Waals surface area contributed by atoms with Gasteiger partial charge in [-0.3, -0.25) is 14.8 Å². The van der Waals surface area contributed by atoms with E-state index in [1.165, 1.54) is 0 Å². The minimum Gasteiger partial charge on any atom is -0.333 e. The number of hydrogen-bond donors (Lipinski definition) is 2. The van der Waals surface area contributed by atoms with Crippen molar-refractivity contribution in [3.05, 3.63) is 70.8 Å². The first kappa shape index (κ1) is 16.8. The van der Waals surface area contributed by atoms with E-state index in [9.17, 15) is 9.59 Å². The average molecular weight is 351 g/mol. The van der Waals surface area contributed by atoms with Crippen LogP contribution in [-0.2, 0) is 12.0 Å². The number of nitrogens with one attached hydrogen (secondary N) is 1. The summed E-state index contributed by atoms with van der Waals surface area (Å²) in [6.07, 6.45) is 0. The standard InChI is InChI=1S/C20H21N3O3/c1-22-11-20(12-22)13-23(19(25)16-4-2-3-5-17(16)20)10-14-6-8-15(9-7-14)18(24)21-26/h2-9,26H,10-13H2,1H3,(H,21,24). The molecule has 1 fully saturated rings. The van der Waals surface area contributed by atoms with E-state index >= 15 is 0 Å². The lowest BCUT2D eigenvalue weighted by atomic mass is 9.69. The molecule has 2 aliphatic heterocycles. The van der Waals surface area contributed by atoms with Crippen LogP contribution >= 0.6 is 0 Å². The molecule has 1 spiro atoms. The fourth-order valence-electron chi connectivity index (χ4n) is 4.26. The molecule has 2 aromatic rings. The molecule has 134 valence electrons. The van der Waals surface area contributed by atoms with Crippen molar-refractivity contribution >= 4 is 11.8 Å². The predicted molar refractivity (Wildman–Crippen MR) is 96.1 cm³/mol. The molecular weight excluding hydrogens is 330 g/mol. The number of benzene rings is 2. The van der Waals surface area contributed by atoms with Gasteiger partial charge in [0.05, 0.1) is 0 Å². The van der Waals surface area contributed by atoms with Gasteiger partial charge < -0.3 is 9.80 Å². The van der Waals surface area contributed by atoms with Crippen molar-refractivity contribution < 1.29 is 14.8 Å². The number of hydroxylamine groups is 1. The van der Waals surface area contributed by atoms with Crippen molar-refractivity contribution in [2.45, 2.75) is 12.0 Å². The van der Waals surface area contributed by atoms with Crippen LogP contribution in [0.2, 0.25) is 0 Å². The van der Waals surface area contributed by atoms with Gasteiger partial charge in [-0.15, -0.1) is 0 Å². The van der Waals surface area contributed by atoms with Crippen molar-refractivity contribution in [1.82, 2.24) is 15.3 Å². The van der Waals surface area contributed by atoms with Gasteiger partial charge in [0.2, 0.25) is 0 Å². The first-order chi connectivity index (χ1) is 12.5. The van der Waals surface area contributed by atoms with Gasteiger partial charge in [-0.1, -0.05) is 30.3 Å². The molecule has 6 nitrogen and oxygen atoms in total. The zero-order chi connectivity index (χ0) is 18.3. The molecule has 2 heterocycles. The largest absolute Gasteiger partial charge is 0.333 e. The lowest BCUT2D eigenvalue weighted by molar-refractivity contribution is 0.0317. The molecule has 2 N–H and O–H groups in total. The second-order valence-electron chi connectivity index (χ2n) is 7.30. The molecule has 1 saturated heterocycles. The number of carbonyl (C=O) groups is 2. The van der Waals surface area contributed by atoms with Crippen molar-refractivity contribution in [2.75, 3.05) is 26.7 Å². The van der Waals surface area contributed by atoms with Gasteiger partial charge in [0.15, 0.2) is 0 Å². The smallest absolute Gasteiger partial charge is 0.274 e. The first-order valence-corrected chi connectivity index (χ1v) is 8.63. The third-order valence-electron chi connectivity index (χ3n) is 5.35. The highest BCUT2D eigenvalue weighted by Gasteiger charge is 2.49. The summed E-state index contributed by atoms with van der Waals surface area (Å²) in [6.45, 7) is 3.10. The third-order valence-corrected chi connectivity index (χ3v) is 5.35. The minimum absolute atomic E-state index is 0.00989. The topological polar surface area (TPSA) is 72.9 Å². The lowest BCUT2D eigenvalue weighted by Crippen LogP contribution is -2.65. The molecule has 4 rings (SSSR count). The molecule has 2 aromatic carbocycles. The second kappa shape index (κ2) is 6.23. The van der Waals surface area contributed by atoms with E-state index in [-0.39, 0.29) is 11.3 Å². The van der Waals surface area contributed by atoms with Crippen molar-refractivity contribution in [3.63, 3.8) is 0 Å². The van der Waals surface area contributed by atoms with E-state index < -0.39 is 5.91 Å². The SMILES string of the molecule is CN1CC2(C1)CN(Cc1ccc(C(=O)NO)cc1)C(=O)c1ccccc12. The zero-order valence-electron chi connectivity index (χ0n) is 14.6. The van der Waals surface area contributed by atoms with Gasteiger partial charge in [-0.25, -0.2) is 5.48 Å². The summed E-state index contributed by atoms with van der Waals surface area (Å²) in [7, 11) is 2.10. The van der Waals surface area contributed by atoms with E-state index in [2.05, 4.69) is 18.0 Å². The number of hydrogen-bond acceptors (Lipinski definition) is 4. The van der Waals surface area contributed by atoms with Crippen LogP contribution in [-0.4, -0.2) is 53.5 Å². The van der Waals surface area contributed by atoms with Crippen LogP contribution in [0.4, 0.5) is 0 Å². The third kappa shape index (κ3) is 2.67. The molecule has 2 amide bonds. The highest BCUT2D eigenvalue weighted by atomic mass is 16.5. The number of carbonyl (C=O) groups excluding carboxylic acids is 2. The molecular formula is C20H21N3O3. The Balaban J connectivity index is 1.60. The molecule has 0 atom stereocenters. The summed E-state index contributed by atoms with van der Waals surface area (Å²) in [6, 6.07) is 14.9. The summed E-state index contributed by atoms with van der Waals surface area (Å²) >= 11 is 0. The Morgan fingerprint density at radius 2 is 1.81 bits per heavy atom. The Morgan fingerprint density at radius 1 is 1.12 bits per heavy atom. The number of fused-ring (bicyclic) bond motifs is 2. The molecule has 26 heavy (non-hydrogen) atoms. The molecule has 0 aromatic heterocycles. The van der Waals surface area contributed by atoms with E-state index in [4.69, 9.17) is 5.21 Å². The second-order valence-corrected chi connectivity index (χ2v) is 7.30. The van der Waals surface area contributed by atoms with E-state index in [1.54, 1.807) is 17.6 Å². The Morgan fingerprint density at radius 3 is 2.46 bits per heavy atom. The van der Waals surface area contributed by atoms with Gasteiger partial charge in [0, 0.05) is 42.7 Å². The molecule has 0 unspecified atom stereocenters. The van der Waals surface area contributed by atoms with Gasteiger partial charge in [-0.05, 0) is 36.4 Å². The number of nitrogens with zero attached hydrogens (tertiary/aromatic N) is 2. The maximum Gasteiger partial charge on any atom is 0.274 e. The summed E-state index contributed by atoms with van der Waals surface area (Å²) in [5, 5.41) is 8.70. The van der Waals surface area contributed by atoms with Gasteiger partial charge >= 0.3 is 0 Å². The van der Waals surface area contributed by atoms with Crippen LogP contribution in [0.25, 0.3) is 0 Å². The Kier molecular flexibility index (Phi) is 4.01. The van der Waals surface area contributed by atoms with E-state index in [0.717, 1.165) is 29.8 Å². The highest BCUT2D eigenvalue weighted by Crippen LogP contribution is 2.40. The monoisotopic (exact) mass is 351 g/mol. The van der Waals surface area contributed by atoms with E-state index in [0.29, 0.717) is 18.7 Å². The number of likely N-dealkylation sites (N-methyl/N-ethyl adjacent to an activating group) is 1. The van der Waals surface area contributed by atoms with Crippen molar-refractivity contribution in [2.24, 2.45) is 0 Å². The predicted octanol–water partition coefficient (Wildman–Crippen LogP) is 1.64. The summed E-state index contributed by atoms with van der Waals surface area (Å²) in [5.41, 5.74) is 4.92. The summed E-state index contributed by atoms with van der Waals surface area (Å²) in [5.74, 6) is -0.492. The Labute approximate surface area is 152 Å². The lowest BCUT2D eigenvalue weighted by Gasteiger charge is -2.54. The number of amides is 2. The van der Waals surface area contributed by atoms with Crippen molar-refractivity contribution in [3.8, 4) is 0 Å². The zero-order valence-corrected chi connectivity index (χ0v) is 14.6. The number of rotatable bonds is 3. The highest BCUT2D eigenvalue weighted by molar-refractivity contribution is 5.97. The van der Waals surface area contributed by atoms with Gasteiger partial charge in [-0.2, -0.15) is 0 Å². The van der Waals surface area contributed by atoms with Crippen LogP contribution in [0, 0.1) is 0 Å². The van der Waals surface area contributed by atoms with Crippen molar-refractivity contribution in [1.29, 1.82) is 0 Å². The maximum absolute atomic E-state index is 13.0. The Hall–Kier alpha value is -2.70. The fraction of sp³-hybridized carbons (Fsp3) is 0.300. The Bertz CT molecular complexity index is 857. The molecule has 6 heteroatoms. The average Bonchev–Trinajstić information content (AvgIpc) is 2.64. The maximum atomic E-state index is 13.0. The molecule has 0 radical (unpaired) electrons.